The third kappa shape index (κ3) is 4.08. The number of likely N-dealkylation sites (tertiary alicyclic amines) is 1. The number of rotatable bonds is 3. The molecule has 0 radical (unpaired) electrons. The molecular formula is C19H29N3O2. The molecule has 0 saturated carbocycles. The molecule has 1 aromatic rings. The number of piperidine rings is 1. The van der Waals surface area contributed by atoms with Gasteiger partial charge in [-0.15, -0.1) is 0 Å². The highest BCUT2D eigenvalue weighted by molar-refractivity contribution is 5.74. The van der Waals surface area contributed by atoms with Gasteiger partial charge in [0.05, 0.1) is 11.7 Å². The van der Waals surface area contributed by atoms with Crippen LogP contribution in [-0.2, 0) is 11.3 Å². The quantitative estimate of drug-likeness (QED) is 0.925. The zero-order chi connectivity index (χ0) is 17.0. The fourth-order valence-electron chi connectivity index (χ4n) is 3.96. The molecule has 0 aliphatic carbocycles. The van der Waals surface area contributed by atoms with E-state index in [4.69, 9.17) is 4.74 Å². The van der Waals surface area contributed by atoms with Crippen LogP contribution in [0.4, 0.5) is 4.79 Å². The van der Waals surface area contributed by atoms with E-state index >= 15 is 0 Å². The Bertz CT molecular complexity index is 541. The van der Waals surface area contributed by atoms with Gasteiger partial charge in [-0.25, -0.2) is 4.79 Å². The molecule has 2 fully saturated rings. The molecule has 1 spiro atoms. The van der Waals surface area contributed by atoms with Crippen molar-refractivity contribution in [3.8, 4) is 0 Å². The summed E-state index contributed by atoms with van der Waals surface area (Å²) in [5.74, 6) is 0. The first-order valence-corrected chi connectivity index (χ1v) is 9.07. The minimum Gasteiger partial charge on any atom is -0.369 e. The number of carbonyl (C=O) groups is 1. The van der Waals surface area contributed by atoms with E-state index in [-0.39, 0.29) is 17.7 Å². The second-order valence-corrected chi connectivity index (χ2v) is 7.09. The zero-order valence-electron chi connectivity index (χ0n) is 14.8. The Kier molecular flexibility index (Phi) is 5.41. The number of amides is 2. The molecule has 3 rings (SSSR count). The van der Waals surface area contributed by atoms with Crippen LogP contribution < -0.4 is 5.32 Å². The Balaban J connectivity index is 1.60. The number of carbonyl (C=O) groups excluding carboxylic acids is 1. The van der Waals surface area contributed by atoms with E-state index in [1.54, 1.807) is 0 Å². The number of morpholine rings is 1. The summed E-state index contributed by atoms with van der Waals surface area (Å²) < 4.78 is 6.37. The number of hydrogen-bond acceptors (Lipinski definition) is 3. The topological polar surface area (TPSA) is 44.8 Å². The summed E-state index contributed by atoms with van der Waals surface area (Å²) in [7, 11) is 0. The predicted molar refractivity (Wildman–Crippen MR) is 94.9 cm³/mol. The minimum atomic E-state index is -0.102. The van der Waals surface area contributed by atoms with Crippen LogP contribution >= 0.6 is 0 Å². The van der Waals surface area contributed by atoms with E-state index in [2.05, 4.69) is 47.5 Å². The van der Waals surface area contributed by atoms with E-state index in [1.807, 2.05) is 11.8 Å². The van der Waals surface area contributed by atoms with E-state index < -0.39 is 0 Å². The first-order valence-electron chi connectivity index (χ1n) is 9.07. The standard InChI is InChI=1S/C19H29N3O2/c1-3-20-18(23)22-11-9-19(10-12-22)15-21(13-16(2)24-19)14-17-7-5-4-6-8-17/h4-8,16H,3,9-15H2,1-2H3,(H,20,23). The van der Waals surface area contributed by atoms with Crippen LogP contribution in [0.3, 0.4) is 0 Å². The molecule has 1 aromatic carbocycles. The second-order valence-electron chi connectivity index (χ2n) is 7.09. The Hall–Kier alpha value is -1.59. The van der Waals surface area contributed by atoms with Gasteiger partial charge in [-0.2, -0.15) is 0 Å². The smallest absolute Gasteiger partial charge is 0.317 e. The molecule has 24 heavy (non-hydrogen) atoms. The molecule has 5 nitrogen and oxygen atoms in total. The highest BCUT2D eigenvalue weighted by Gasteiger charge is 2.42. The van der Waals surface area contributed by atoms with Gasteiger partial charge >= 0.3 is 6.03 Å². The summed E-state index contributed by atoms with van der Waals surface area (Å²) in [6.07, 6.45) is 2.07. The Morgan fingerprint density at radius 3 is 2.67 bits per heavy atom. The molecule has 0 bridgehead atoms. The van der Waals surface area contributed by atoms with Gasteiger partial charge in [-0.05, 0) is 32.3 Å². The van der Waals surface area contributed by atoms with Crippen LogP contribution in [0.5, 0.6) is 0 Å². The molecule has 1 unspecified atom stereocenters. The van der Waals surface area contributed by atoms with E-state index in [0.29, 0.717) is 6.54 Å². The third-order valence-corrected chi connectivity index (χ3v) is 5.02. The normalized spacial score (nSPS) is 24.1. The van der Waals surface area contributed by atoms with Gasteiger partial charge in [-0.3, -0.25) is 4.90 Å². The number of nitrogens with zero attached hydrogens (tertiary/aromatic N) is 2. The van der Waals surface area contributed by atoms with E-state index in [9.17, 15) is 4.79 Å². The Morgan fingerprint density at radius 1 is 1.29 bits per heavy atom. The molecular weight excluding hydrogens is 302 g/mol. The molecule has 2 aliphatic heterocycles. The zero-order valence-corrected chi connectivity index (χ0v) is 14.8. The lowest BCUT2D eigenvalue weighted by Crippen LogP contribution is -2.60. The van der Waals surface area contributed by atoms with Gasteiger partial charge in [-0.1, -0.05) is 30.3 Å². The van der Waals surface area contributed by atoms with Crippen LogP contribution in [0.15, 0.2) is 30.3 Å². The van der Waals surface area contributed by atoms with Crippen molar-refractivity contribution in [1.82, 2.24) is 15.1 Å². The van der Waals surface area contributed by atoms with Crippen LogP contribution in [0.1, 0.15) is 32.3 Å². The maximum absolute atomic E-state index is 12.0. The molecule has 1 N–H and O–H groups in total. The summed E-state index contributed by atoms with van der Waals surface area (Å²) in [6, 6.07) is 10.7. The molecule has 2 heterocycles. The fraction of sp³-hybridized carbons (Fsp3) is 0.632. The Morgan fingerprint density at radius 2 is 2.00 bits per heavy atom. The highest BCUT2D eigenvalue weighted by atomic mass is 16.5. The lowest BCUT2D eigenvalue weighted by Gasteiger charge is -2.49. The number of hydrogen-bond donors (Lipinski definition) is 1. The second kappa shape index (κ2) is 7.53. The van der Waals surface area contributed by atoms with Gasteiger partial charge < -0.3 is 15.0 Å². The van der Waals surface area contributed by atoms with Crippen molar-refractivity contribution in [2.24, 2.45) is 0 Å². The first kappa shape index (κ1) is 17.2. The first-order chi connectivity index (χ1) is 11.6. The minimum absolute atomic E-state index is 0.0531. The average molecular weight is 331 g/mol. The molecule has 2 aliphatic rings. The molecule has 0 aromatic heterocycles. The third-order valence-electron chi connectivity index (χ3n) is 5.02. The summed E-state index contributed by atoms with van der Waals surface area (Å²) >= 11 is 0. The number of nitrogens with one attached hydrogen (secondary N) is 1. The molecule has 2 amide bonds. The van der Waals surface area contributed by atoms with Crippen LogP contribution in [0, 0.1) is 0 Å². The fourth-order valence-corrected chi connectivity index (χ4v) is 3.96. The van der Waals surface area contributed by atoms with E-state index in [1.165, 1.54) is 5.56 Å². The van der Waals surface area contributed by atoms with Crippen molar-refractivity contribution in [3.05, 3.63) is 35.9 Å². The maximum atomic E-state index is 12.0. The average Bonchev–Trinajstić information content (AvgIpc) is 2.56. The molecule has 1 atom stereocenters. The number of ether oxygens (including phenoxy) is 1. The monoisotopic (exact) mass is 331 g/mol. The van der Waals surface area contributed by atoms with Gasteiger partial charge in [0.1, 0.15) is 0 Å². The Labute approximate surface area is 145 Å². The summed E-state index contributed by atoms with van der Waals surface area (Å²) in [6.45, 7) is 9.24. The van der Waals surface area contributed by atoms with Gasteiger partial charge in [0, 0.05) is 39.3 Å². The SMILES string of the molecule is CCNC(=O)N1CCC2(CC1)CN(Cc1ccccc1)CC(C)O2. The lowest BCUT2D eigenvalue weighted by atomic mass is 9.88. The van der Waals surface area contributed by atoms with Crippen LogP contribution in [0.25, 0.3) is 0 Å². The number of urea groups is 1. The summed E-state index contributed by atoms with van der Waals surface area (Å²) in [4.78, 5) is 16.4. The summed E-state index contributed by atoms with van der Waals surface area (Å²) in [5.41, 5.74) is 1.25. The van der Waals surface area contributed by atoms with Crippen molar-refractivity contribution in [3.63, 3.8) is 0 Å². The van der Waals surface area contributed by atoms with Gasteiger partial charge in [0.25, 0.3) is 0 Å². The maximum Gasteiger partial charge on any atom is 0.317 e. The van der Waals surface area contributed by atoms with Gasteiger partial charge in [0.2, 0.25) is 0 Å². The largest absolute Gasteiger partial charge is 0.369 e. The lowest BCUT2D eigenvalue weighted by molar-refractivity contribution is -0.168. The van der Waals surface area contributed by atoms with Crippen LogP contribution in [0.2, 0.25) is 0 Å². The molecule has 132 valence electrons. The van der Waals surface area contributed by atoms with Crippen molar-refractivity contribution in [2.75, 3.05) is 32.7 Å². The highest BCUT2D eigenvalue weighted by Crippen LogP contribution is 2.33. The van der Waals surface area contributed by atoms with Crippen LogP contribution in [-0.4, -0.2) is 60.3 Å². The van der Waals surface area contributed by atoms with Gasteiger partial charge in [0.15, 0.2) is 0 Å². The van der Waals surface area contributed by atoms with Crippen molar-refractivity contribution < 1.29 is 9.53 Å². The predicted octanol–water partition coefficient (Wildman–Crippen LogP) is 2.47. The van der Waals surface area contributed by atoms with Crippen molar-refractivity contribution >= 4 is 6.03 Å². The number of benzene rings is 1. The summed E-state index contributed by atoms with van der Waals surface area (Å²) in [5, 5.41) is 2.89. The molecule has 2 saturated heterocycles. The molecule has 5 heteroatoms. The van der Waals surface area contributed by atoms with Crippen molar-refractivity contribution in [1.29, 1.82) is 0 Å². The van der Waals surface area contributed by atoms with E-state index in [0.717, 1.165) is 45.6 Å². The van der Waals surface area contributed by atoms with Crippen molar-refractivity contribution in [2.45, 2.75) is 44.9 Å².